The molecule has 9 nitrogen and oxygen atoms in total. The maximum absolute atomic E-state index is 13.0. The van der Waals surface area contributed by atoms with Gasteiger partial charge < -0.3 is 5.11 Å². The highest BCUT2D eigenvalue weighted by molar-refractivity contribution is 7.93. The number of urea groups is 1. The van der Waals surface area contributed by atoms with Crippen LogP contribution in [0.15, 0.2) is 39.3 Å². The third-order valence-electron chi connectivity index (χ3n) is 5.37. The van der Waals surface area contributed by atoms with Crippen LogP contribution in [-0.4, -0.2) is 30.3 Å². The fourth-order valence-corrected chi connectivity index (χ4v) is 5.78. The van der Waals surface area contributed by atoms with Gasteiger partial charge in [-0.1, -0.05) is 6.92 Å². The molecule has 33 heavy (non-hydrogen) atoms. The van der Waals surface area contributed by atoms with E-state index in [1.165, 1.54) is 6.20 Å². The van der Waals surface area contributed by atoms with Gasteiger partial charge in [-0.05, 0) is 68.4 Å². The molecule has 0 fully saturated rings. The van der Waals surface area contributed by atoms with Crippen LogP contribution in [0, 0.1) is 0 Å². The van der Waals surface area contributed by atoms with Crippen molar-refractivity contribution in [1.82, 2.24) is 15.0 Å². The zero-order chi connectivity index (χ0) is 23.8. The van der Waals surface area contributed by atoms with E-state index >= 15 is 0 Å². The van der Waals surface area contributed by atoms with E-state index in [4.69, 9.17) is 10.1 Å². The minimum atomic E-state index is -3.55. The van der Waals surface area contributed by atoms with Crippen LogP contribution < -0.4 is 10.5 Å². The van der Waals surface area contributed by atoms with Crippen LogP contribution >= 0.6 is 11.3 Å². The number of carbonyl (C=O) groups excluding carboxylic acids is 1. The molecule has 0 radical (unpaired) electrons. The second-order valence-corrected chi connectivity index (χ2v) is 11.4. The Morgan fingerprint density at radius 1 is 1.33 bits per heavy atom. The number of aromatic nitrogens is 3. The summed E-state index contributed by atoms with van der Waals surface area (Å²) in [5.74, 6) is 0.349. The van der Waals surface area contributed by atoms with Crippen LogP contribution in [0.25, 0.3) is 11.1 Å². The monoisotopic (exact) mass is 486 g/mol. The van der Waals surface area contributed by atoms with Crippen LogP contribution in [0.5, 0.6) is 0 Å². The minimum absolute atomic E-state index is 0.110. The molecule has 1 aliphatic carbocycles. The molecule has 1 aliphatic rings. The quantitative estimate of drug-likeness (QED) is 0.500. The maximum atomic E-state index is 13.0. The number of amides is 2. The second-order valence-electron chi connectivity index (χ2n) is 8.36. The number of nitrogens with two attached hydrogens (primary N) is 1. The third-order valence-corrected chi connectivity index (χ3v) is 8.56. The Hall–Kier alpha value is -2.73. The van der Waals surface area contributed by atoms with E-state index in [9.17, 15) is 14.1 Å². The number of carbonyl (C=O) groups is 1. The van der Waals surface area contributed by atoms with Crippen LogP contribution in [0.3, 0.4) is 0 Å². The number of fused-ring (bicyclic) bond motifs is 1. The molecule has 3 aromatic heterocycles. The van der Waals surface area contributed by atoms with Crippen LogP contribution in [0.4, 0.5) is 10.6 Å². The SMILES string of the molecule is CCc1cnccc1-c1cc2c(nc1NC(=O)N=S(N)(=O)c1cnc(C(C)(C)O)s1)CCC2. The molecule has 0 aromatic carbocycles. The first-order valence-electron chi connectivity index (χ1n) is 10.6. The van der Waals surface area contributed by atoms with Crippen molar-refractivity contribution >= 4 is 33.1 Å². The van der Waals surface area contributed by atoms with E-state index in [0.29, 0.717) is 10.8 Å². The first kappa shape index (κ1) is 23.4. The highest BCUT2D eigenvalue weighted by Gasteiger charge is 2.24. The van der Waals surface area contributed by atoms with Crippen molar-refractivity contribution < 1.29 is 14.1 Å². The van der Waals surface area contributed by atoms with Gasteiger partial charge in [0.05, 0.1) is 6.20 Å². The lowest BCUT2D eigenvalue weighted by Gasteiger charge is -2.14. The van der Waals surface area contributed by atoms with E-state index in [0.717, 1.165) is 65.0 Å². The molecule has 1 unspecified atom stereocenters. The van der Waals surface area contributed by atoms with Gasteiger partial charge in [0.15, 0.2) is 9.92 Å². The fourth-order valence-electron chi connectivity index (χ4n) is 3.71. The fraction of sp³-hybridized carbons (Fsp3) is 0.364. The average molecular weight is 487 g/mol. The maximum Gasteiger partial charge on any atom is 0.356 e. The van der Waals surface area contributed by atoms with Crippen molar-refractivity contribution in [2.24, 2.45) is 9.50 Å². The summed E-state index contributed by atoms with van der Waals surface area (Å²) >= 11 is 0.958. The number of thiazole rings is 1. The van der Waals surface area contributed by atoms with Crippen molar-refractivity contribution in [3.63, 3.8) is 0 Å². The van der Waals surface area contributed by atoms with Gasteiger partial charge in [-0.25, -0.2) is 24.1 Å². The number of hydrogen-bond donors (Lipinski definition) is 3. The van der Waals surface area contributed by atoms with E-state index in [1.807, 2.05) is 13.0 Å². The highest BCUT2D eigenvalue weighted by Crippen LogP contribution is 2.34. The number of anilines is 1. The Balaban J connectivity index is 1.71. The molecule has 0 aliphatic heterocycles. The zero-order valence-electron chi connectivity index (χ0n) is 18.7. The molecule has 0 bridgehead atoms. The lowest BCUT2D eigenvalue weighted by Crippen LogP contribution is -2.18. The molecule has 174 valence electrons. The summed E-state index contributed by atoms with van der Waals surface area (Å²) in [6.07, 6.45) is 8.33. The molecule has 1 atom stereocenters. The highest BCUT2D eigenvalue weighted by atomic mass is 32.2. The molecule has 3 heterocycles. The molecule has 2 amide bonds. The Labute approximate surface area is 196 Å². The van der Waals surface area contributed by atoms with Gasteiger partial charge in [-0.15, -0.1) is 15.7 Å². The molecular formula is C22H26N6O3S2. The summed E-state index contributed by atoms with van der Waals surface area (Å²) in [7, 11) is -3.55. The molecule has 4 rings (SSSR count). The topological polar surface area (TPSA) is 143 Å². The van der Waals surface area contributed by atoms with Gasteiger partial charge in [0, 0.05) is 23.7 Å². The van der Waals surface area contributed by atoms with Crippen LogP contribution in [-0.2, 0) is 34.8 Å². The Bertz CT molecular complexity index is 1340. The summed E-state index contributed by atoms with van der Waals surface area (Å²) in [6, 6.07) is 3.09. The number of aliphatic hydroxyl groups is 1. The van der Waals surface area contributed by atoms with Crippen molar-refractivity contribution in [3.8, 4) is 11.1 Å². The number of nitrogens with zero attached hydrogens (tertiary/aromatic N) is 4. The standard InChI is InChI=1S/C22H26N6O3S2/c1-4-13-11-24-9-8-15(13)16-10-14-6-5-7-17(14)26-19(16)27-21(29)28-33(23,31)18-12-25-20(32-18)22(2,3)30/h8-12,30H,4-7H2,1-3H3,(H3,23,26,27,28,29,31). The van der Waals surface area contributed by atoms with Gasteiger partial charge in [0.25, 0.3) is 0 Å². The minimum Gasteiger partial charge on any atom is -0.383 e. The van der Waals surface area contributed by atoms with Gasteiger partial charge in [-0.2, -0.15) is 0 Å². The van der Waals surface area contributed by atoms with Crippen molar-refractivity contribution in [2.75, 3.05) is 5.32 Å². The number of aryl methyl sites for hydroxylation is 3. The first-order chi connectivity index (χ1) is 15.6. The Morgan fingerprint density at radius 3 is 2.82 bits per heavy atom. The molecule has 0 spiro atoms. The lowest BCUT2D eigenvalue weighted by molar-refractivity contribution is 0.0783. The first-order valence-corrected chi connectivity index (χ1v) is 13.0. The van der Waals surface area contributed by atoms with Gasteiger partial charge >= 0.3 is 6.03 Å². The smallest absolute Gasteiger partial charge is 0.356 e. The van der Waals surface area contributed by atoms with Crippen LogP contribution in [0.1, 0.15) is 49.0 Å². The number of nitrogens with one attached hydrogen (secondary N) is 1. The number of rotatable bonds is 5. The van der Waals surface area contributed by atoms with Crippen LogP contribution in [0.2, 0.25) is 0 Å². The molecule has 4 N–H and O–H groups in total. The van der Waals surface area contributed by atoms with E-state index in [-0.39, 0.29) is 4.21 Å². The molecule has 0 saturated carbocycles. The lowest BCUT2D eigenvalue weighted by atomic mass is 9.98. The van der Waals surface area contributed by atoms with Crippen molar-refractivity contribution in [3.05, 3.63) is 52.6 Å². The van der Waals surface area contributed by atoms with E-state index < -0.39 is 21.5 Å². The normalized spacial score (nSPS) is 15.1. The van der Waals surface area contributed by atoms with E-state index in [1.54, 1.807) is 26.2 Å². The van der Waals surface area contributed by atoms with Crippen molar-refractivity contribution in [1.29, 1.82) is 0 Å². The Kier molecular flexibility index (Phi) is 6.32. The molecule has 0 saturated heterocycles. The summed E-state index contributed by atoms with van der Waals surface area (Å²) in [5.41, 5.74) is 3.60. The summed E-state index contributed by atoms with van der Waals surface area (Å²) < 4.78 is 16.8. The number of hydrogen-bond acceptors (Lipinski definition) is 7. The van der Waals surface area contributed by atoms with Crippen molar-refractivity contribution in [2.45, 2.75) is 56.3 Å². The summed E-state index contributed by atoms with van der Waals surface area (Å²) in [4.78, 5) is 25.7. The third kappa shape index (κ3) is 4.96. The largest absolute Gasteiger partial charge is 0.383 e. The van der Waals surface area contributed by atoms with Gasteiger partial charge in [0.1, 0.15) is 20.6 Å². The van der Waals surface area contributed by atoms with Gasteiger partial charge in [-0.3, -0.25) is 10.3 Å². The predicted octanol–water partition coefficient (Wildman–Crippen LogP) is 3.81. The van der Waals surface area contributed by atoms with Gasteiger partial charge in [0.2, 0.25) is 0 Å². The number of pyridine rings is 2. The average Bonchev–Trinajstić information content (AvgIpc) is 3.42. The molecule has 3 aromatic rings. The zero-order valence-corrected chi connectivity index (χ0v) is 20.3. The predicted molar refractivity (Wildman–Crippen MR) is 128 cm³/mol. The van der Waals surface area contributed by atoms with E-state index in [2.05, 4.69) is 25.7 Å². The second kappa shape index (κ2) is 8.90. The Morgan fingerprint density at radius 2 is 2.12 bits per heavy atom. The molecule has 11 heteroatoms. The summed E-state index contributed by atoms with van der Waals surface area (Å²) in [5, 5.41) is 19.0. The molecular weight excluding hydrogens is 460 g/mol. The summed E-state index contributed by atoms with van der Waals surface area (Å²) in [6.45, 7) is 5.15.